The van der Waals surface area contributed by atoms with Gasteiger partial charge in [0.25, 0.3) is 0 Å². The topological polar surface area (TPSA) is 55.1 Å². The summed E-state index contributed by atoms with van der Waals surface area (Å²) in [5.41, 5.74) is 2.04. The summed E-state index contributed by atoms with van der Waals surface area (Å²) < 4.78 is 2.25. The van der Waals surface area contributed by atoms with Crippen molar-refractivity contribution < 1.29 is 9.90 Å². The lowest BCUT2D eigenvalue weighted by atomic mass is 10.2. The molecule has 21 heavy (non-hydrogen) atoms. The lowest BCUT2D eigenvalue weighted by Crippen LogP contribution is -2.04. The molecule has 1 heterocycles. The summed E-state index contributed by atoms with van der Waals surface area (Å²) in [5.74, 6) is 0.298. The van der Waals surface area contributed by atoms with Crippen LogP contribution in [-0.2, 0) is 17.8 Å². The van der Waals surface area contributed by atoms with E-state index in [2.05, 4.69) is 16.5 Å². The summed E-state index contributed by atoms with van der Waals surface area (Å²) in [6, 6.07) is 5.80. The molecule has 1 aromatic heterocycles. The molecule has 4 nitrogen and oxygen atoms in total. The Morgan fingerprint density at radius 2 is 2.14 bits per heavy atom. The van der Waals surface area contributed by atoms with Crippen LogP contribution in [0.3, 0.4) is 0 Å². The van der Waals surface area contributed by atoms with Crippen molar-refractivity contribution in [2.24, 2.45) is 0 Å². The van der Waals surface area contributed by atoms with Gasteiger partial charge in [0, 0.05) is 24.4 Å². The van der Waals surface area contributed by atoms with Crippen molar-refractivity contribution in [3.63, 3.8) is 0 Å². The van der Waals surface area contributed by atoms with Crippen LogP contribution in [0.15, 0.2) is 18.2 Å². The first-order valence-corrected chi connectivity index (χ1v) is 7.86. The molecule has 5 heteroatoms. The van der Waals surface area contributed by atoms with Gasteiger partial charge in [-0.05, 0) is 37.5 Å². The summed E-state index contributed by atoms with van der Waals surface area (Å²) >= 11 is 6.03. The molecule has 2 rings (SSSR count). The van der Waals surface area contributed by atoms with E-state index < -0.39 is 5.97 Å². The molecule has 1 N–H and O–H groups in total. The fourth-order valence-corrected chi connectivity index (χ4v) is 2.64. The molecule has 0 spiro atoms. The summed E-state index contributed by atoms with van der Waals surface area (Å²) in [7, 11) is 0. The van der Waals surface area contributed by atoms with Crippen molar-refractivity contribution in [3.05, 3.63) is 29.0 Å². The van der Waals surface area contributed by atoms with Gasteiger partial charge in [0.2, 0.25) is 0 Å². The van der Waals surface area contributed by atoms with Crippen LogP contribution in [0.25, 0.3) is 11.0 Å². The molecule has 0 aliphatic heterocycles. The van der Waals surface area contributed by atoms with Crippen molar-refractivity contribution in [2.45, 2.75) is 52.0 Å². The Morgan fingerprint density at radius 1 is 1.33 bits per heavy atom. The Bertz CT molecular complexity index is 622. The minimum Gasteiger partial charge on any atom is -0.481 e. The Morgan fingerprint density at radius 3 is 2.86 bits per heavy atom. The molecular weight excluding hydrogens is 288 g/mol. The first kappa shape index (κ1) is 15.8. The highest BCUT2D eigenvalue weighted by Gasteiger charge is 2.11. The maximum Gasteiger partial charge on any atom is 0.303 e. The summed E-state index contributed by atoms with van der Waals surface area (Å²) in [6.45, 7) is 3.12. The minimum atomic E-state index is -0.735. The predicted molar refractivity (Wildman–Crippen MR) is 84.8 cm³/mol. The Hall–Kier alpha value is -1.55. The van der Waals surface area contributed by atoms with Crippen LogP contribution in [0.5, 0.6) is 0 Å². The molecule has 0 radical (unpaired) electrons. The molecule has 0 unspecified atom stereocenters. The number of fused-ring (bicyclic) bond motifs is 1. The number of aromatic nitrogens is 2. The Kier molecular flexibility index (Phi) is 5.62. The first-order chi connectivity index (χ1) is 10.1. The van der Waals surface area contributed by atoms with Gasteiger partial charge >= 0.3 is 5.97 Å². The molecule has 114 valence electrons. The standard InChI is InChI=1S/C16H21ClN2O2/c1-2-3-10-19-14-9-8-12(17)11-13(14)18-15(19)6-4-5-7-16(20)21/h8-9,11H,2-7,10H2,1H3,(H,20,21). The zero-order valence-electron chi connectivity index (χ0n) is 12.3. The monoisotopic (exact) mass is 308 g/mol. The van der Waals surface area contributed by atoms with Gasteiger partial charge < -0.3 is 9.67 Å². The molecular formula is C16H21ClN2O2. The fourth-order valence-electron chi connectivity index (χ4n) is 2.47. The molecule has 1 aromatic carbocycles. The highest BCUT2D eigenvalue weighted by atomic mass is 35.5. The van der Waals surface area contributed by atoms with Crippen LogP contribution >= 0.6 is 11.6 Å². The number of benzene rings is 1. The van der Waals surface area contributed by atoms with Crippen LogP contribution in [0.4, 0.5) is 0 Å². The van der Waals surface area contributed by atoms with E-state index in [-0.39, 0.29) is 6.42 Å². The van der Waals surface area contributed by atoms with Gasteiger partial charge in [-0.3, -0.25) is 4.79 Å². The van der Waals surface area contributed by atoms with Gasteiger partial charge in [-0.2, -0.15) is 0 Å². The average Bonchev–Trinajstić information content (AvgIpc) is 2.77. The summed E-state index contributed by atoms with van der Waals surface area (Å²) in [4.78, 5) is 15.2. The van der Waals surface area contributed by atoms with E-state index >= 15 is 0 Å². The SMILES string of the molecule is CCCCn1c(CCCCC(=O)O)nc2cc(Cl)ccc21. The Labute approximate surface area is 129 Å². The van der Waals surface area contributed by atoms with Gasteiger partial charge in [0.1, 0.15) is 5.82 Å². The molecule has 0 saturated heterocycles. The number of hydrogen-bond acceptors (Lipinski definition) is 2. The van der Waals surface area contributed by atoms with E-state index in [1.165, 1.54) is 0 Å². The van der Waals surface area contributed by atoms with Gasteiger partial charge in [-0.25, -0.2) is 4.98 Å². The highest BCUT2D eigenvalue weighted by Crippen LogP contribution is 2.22. The van der Waals surface area contributed by atoms with Crippen LogP contribution in [0.2, 0.25) is 5.02 Å². The lowest BCUT2D eigenvalue weighted by Gasteiger charge is -2.08. The molecule has 2 aromatic rings. The molecule has 0 saturated carbocycles. The average molecular weight is 309 g/mol. The number of halogens is 1. The third-order valence-electron chi connectivity index (χ3n) is 3.57. The van der Waals surface area contributed by atoms with E-state index in [0.29, 0.717) is 11.4 Å². The first-order valence-electron chi connectivity index (χ1n) is 7.48. The third kappa shape index (κ3) is 4.21. The number of unbranched alkanes of at least 4 members (excludes halogenated alkanes) is 2. The number of carboxylic acids is 1. The minimum absolute atomic E-state index is 0.223. The second-order valence-corrected chi connectivity index (χ2v) is 5.70. The number of carboxylic acid groups (broad SMARTS) is 1. The van der Waals surface area contributed by atoms with Gasteiger partial charge in [0.15, 0.2) is 0 Å². The zero-order valence-corrected chi connectivity index (χ0v) is 13.1. The summed E-state index contributed by atoms with van der Waals surface area (Å²) in [5, 5.41) is 9.39. The summed E-state index contributed by atoms with van der Waals surface area (Å²) in [6.07, 6.45) is 4.80. The molecule has 0 fully saturated rings. The third-order valence-corrected chi connectivity index (χ3v) is 3.80. The number of aliphatic carboxylic acids is 1. The van der Waals surface area contributed by atoms with Crippen molar-refractivity contribution >= 4 is 28.6 Å². The lowest BCUT2D eigenvalue weighted by molar-refractivity contribution is -0.137. The predicted octanol–water partition coefficient (Wildman–Crippen LogP) is 4.29. The van der Waals surface area contributed by atoms with E-state index in [9.17, 15) is 4.79 Å². The normalized spacial score (nSPS) is 11.1. The van der Waals surface area contributed by atoms with E-state index in [1.807, 2.05) is 18.2 Å². The maximum absolute atomic E-state index is 10.6. The van der Waals surface area contributed by atoms with E-state index in [0.717, 1.165) is 49.1 Å². The largest absolute Gasteiger partial charge is 0.481 e. The number of aryl methyl sites for hydroxylation is 2. The number of hydrogen-bond donors (Lipinski definition) is 1. The molecule has 0 bridgehead atoms. The number of imidazole rings is 1. The van der Waals surface area contributed by atoms with Crippen LogP contribution < -0.4 is 0 Å². The second-order valence-electron chi connectivity index (χ2n) is 5.27. The molecule has 0 atom stereocenters. The van der Waals surface area contributed by atoms with Crippen molar-refractivity contribution in [1.82, 2.24) is 9.55 Å². The van der Waals surface area contributed by atoms with Crippen molar-refractivity contribution in [1.29, 1.82) is 0 Å². The Balaban J connectivity index is 2.17. The quantitative estimate of drug-likeness (QED) is 0.740. The van der Waals surface area contributed by atoms with E-state index in [4.69, 9.17) is 16.7 Å². The van der Waals surface area contributed by atoms with E-state index in [1.54, 1.807) is 0 Å². The van der Waals surface area contributed by atoms with Crippen molar-refractivity contribution in [2.75, 3.05) is 0 Å². The van der Waals surface area contributed by atoms with Crippen LogP contribution in [-0.4, -0.2) is 20.6 Å². The van der Waals surface area contributed by atoms with Gasteiger partial charge in [0.05, 0.1) is 11.0 Å². The van der Waals surface area contributed by atoms with Gasteiger partial charge in [-0.1, -0.05) is 24.9 Å². The molecule has 0 amide bonds. The number of nitrogens with zero attached hydrogens (tertiary/aromatic N) is 2. The number of carbonyl (C=O) groups is 1. The van der Waals surface area contributed by atoms with Crippen LogP contribution in [0.1, 0.15) is 44.9 Å². The zero-order chi connectivity index (χ0) is 15.2. The molecule has 0 aliphatic rings. The van der Waals surface area contributed by atoms with Crippen LogP contribution in [0, 0.1) is 0 Å². The van der Waals surface area contributed by atoms with Crippen molar-refractivity contribution in [3.8, 4) is 0 Å². The fraction of sp³-hybridized carbons (Fsp3) is 0.500. The second kappa shape index (κ2) is 7.46. The molecule has 0 aliphatic carbocycles. The highest BCUT2D eigenvalue weighted by molar-refractivity contribution is 6.31. The number of rotatable bonds is 8. The smallest absolute Gasteiger partial charge is 0.303 e. The van der Waals surface area contributed by atoms with Gasteiger partial charge in [-0.15, -0.1) is 0 Å². The maximum atomic E-state index is 10.6.